The van der Waals surface area contributed by atoms with Crippen LogP contribution in [0, 0.1) is 0 Å². The van der Waals surface area contributed by atoms with Crippen molar-refractivity contribution in [2.75, 3.05) is 126 Å². The van der Waals surface area contributed by atoms with Crippen LogP contribution in [0.25, 0.3) is 0 Å². The highest BCUT2D eigenvalue weighted by Crippen LogP contribution is 1.97. The Balaban J connectivity index is 5.27. The number of hydrogen-bond acceptors (Lipinski definition) is 31. The van der Waals surface area contributed by atoms with Crippen molar-refractivity contribution in [3.05, 3.63) is 0 Å². The molecule has 0 aromatic rings. The number of aliphatic hydroxyl groups excluding tert-OH is 12. The van der Waals surface area contributed by atoms with Crippen LogP contribution in [-0.4, -0.2) is 366 Å². The summed E-state index contributed by atoms with van der Waals surface area (Å²) in [4.78, 5) is 226. The van der Waals surface area contributed by atoms with Gasteiger partial charge in [-0.15, -0.1) is 0 Å². The van der Waals surface area contributed by atoms with E-state index >= 15 is 0 Å². The molecule has 12 atom stereocenters. The lowest BCUT2D eigenvalue weighted by molar-refractivity contribution is -0.136. The first-order valence-corrected chi connectivity index (χ1v) is 28.8. The highest BCUT2D eigenvalue weighted by atomic mass is 16.3. The zero-order chi connectivity index (χ0) is 74.8. The van der Waals surface area contributed by atoms with Gasteiger partial charge in [0.15, 0.2) is 0 Å². The van der Waals surface area contributed by atoms with E-state index in [4.69, 9.17) is 0 Å². The molecule has 0 spiro atoms. The van der Waals surface area contributed by atoms with Gasteiger partial charge in [0.2, 0.25) is 100 Å². The number of aliphatic hydroxyl groups is 12. The second kappa shape index (κ2) is 47.9. The molecule has 0 rings (SSSR count). The molecule has 0 aliphatic carbocycles. The van der Waals surface area contributed by atoms with Crippen molar-refractivity contribution in [3.63, 3.8) is 0 Å². The molecule has 0 fully saturated rings. The lowest BCUT2D eigenvalue weighted by atomic mass is 10.2. The van der Waals surface area contributed by atoms with E-state index in [1.54, 1.807) is 0 Å². The molecule has 0 bridgehead atoms. The number of amides is 17. The summed E-state index contributed by atoms with van der Waals surface area (Å²) in [5, 5.41) is 152. The molecule has 0 aliphatic heterocycles. The number of Topliss-reactive ketones (excluding diaryl/α,β-unsaturated/α-hetero) is 1. The molecular weight excluding hydrogens is 1330 g/mol. The summed E-state index contributed by atoms with van der Waals surface area (Å²) >= 11 is 0. The van der Waals surface area contributed by atoms with Crippen LogP contribution < -0.4 is 95.7 Å². The quantitative estimate of drug-likeness (QED) is 0.0269. The van der Waals surface area contributed by atoms with Crippen LogP contribution in [0.5, 0.6) is 0 Å². The predicted molar refractivity (Wildman–Crippen MR) is 318 cm³/mol. The summed E-state index contributed by atoms with van der Waals surface area (Å²) in [7, 11) is 1.33. The first-order valence-electron chi connectivity index (χ1n) is 28.8. The molecule has 48 heteroatoms. The fraction of sp³-hybridized carbons (Fsp3) is 0.640. The van der Waals surface area contributed by atoms with Crippen LogP contribution in [0.1, 0.15) is 6.92 Å². The second-order valence-electron chi connectivity index (χ2n) is 20.0. The van der Waals surface area contributed by atoms with Gasteiger partial charge < -0.3 is 157 Å². The van der Waals surface area contributed by atoms with Gasteiger partial charge in [0.05, 0.1) is 119 Å². The standard InChI is InChI=1S/C50H84N18O30/c1-21(81)3-52-39(87)23(10-70)64-46(94)29(16-76)58-35(83)5-54-41(89)25(12-72)66-48(96)31(18-78)60-37(85)7-56-43(91)27(14-74)68-50(98)33(20-80)62-38(86)8-57-44(92)28(15-75)67-49(97)32(19-79)61-36(84)6-55-42(90)26(13-73)65-47(95)30(17-77)59-34(82)4-53-40(88)24(11-71)63-45(93)22(9-69)51-2/h22-33,51,69-80H,3-20H2,1-2H3,(H,52,87)(H,53,88)(H,54,89)(H,55,90)(H,56,91)(H,57,92)(H,58,83)(H,59,82)(H,60,85)(H,61,84)(H,62,86)(H,63,93)(H,64,94)(H,65,95)(H,66,96)(H,67,97)(H,68,98). The molecule has 98 heavy (non-hydrogen) atoms. The molecule has 554 valence electrons. The van der Waals surface area contributed by atoms with Crippen LogP contribution in [0.4, 0.5) is 0 Å². The smallest absolute Gasteiger partial charge is 0.245 e. The van der Waals surface area contributed by atoms with Gasteiger partial charge in [-0.05, 0) is 14.0 Å². The Labute approximate surface area is 553 Å². The third kappa shape index (κ3) is 32.7. The van der Waals surface area contributed by atoms with Crippen molar-refractivity contribution in [2.24, 2.45) is 0 Å². The topological polar surface area (TPSA) is 767 Å². The Morgan fingerprint density at radius 2 is 0.337 bits per heavy atom. The molecule has 12 unspecified atom stereocenters. The van der Waals surface area contributed by atoms with Gasteiger partial charge in [0.25, 0.3) is 0 Å². The monoisotopic (exact) mass is 1420 g/mol. The van der Waals surface area contributed by atoms with Crippen LogP contribution >= 0.6 is 0 Å². The van der Waals surface area contributed by atoms with Crippen molar-refractivity contribution >= 4 is 106 Å². The summed E-state index contributed by atoms with van der Waals surface area (Å²) in [5.74, 6) is -20.9. The Hall–Kier alpha value is -9.86. The van der Waals surface area contributed by atoms with Gasteiger partial charge in [-0.1, -0.05) is 0 Å². The highest BCUT2D eigenvalue weighted by Gasteiger charge is 2.34. The molecule has 0 aliphatic rings. The Kier molecular flexibility index (Phi) is 43.1. The predicted octanol–water partition coefficient (Wildman–Crippen LogP) is -22.9. The van der Waals surface area contributed by atoms with E-state index in [1.165, 1.54) is 7.05 Å². The maximum Gasteiger partial charge on any atom is 0.245 e. The lowest BCUT2D eigenvalue weighted by Gasteiger charge is -2.23. The summed E-state index contributed by atoms with van der Waals surface area (Å²) in [5.41, 5.74) is 0. The zero-order valence-corrected chi connectivity index (χ0v) is 52.4. The van der Waals surface area contributed by atoms with Gasteiger partial charge in [-0.3, -0.25) is 86.3 Å². The molecule has 0 aromatic heterocycles. The van der Waals surface area contributed by atoms with Crippen molar-refractivity contribution < 1.29 is 148 Å². The average Bonchev–Trinajstić information content (AvgIpc) is 0.973. The number of likely N-dealkylation sites (N-methyl/N-ethyl adjacent to an activating group) is 1. The second-order valence-corrected chi connectivity index (χ2v) is 20.0. The van der Waals surface area contributed by atoms with Crippen molar-refractivity contribution in [1.29, 1.82) is 0 Å². The van der Waals surface area contributed by atoms with Gasteiger partial charge >= 0.3 is 0 Å². The number of hydrogen-bond donors (Lipinski definition) is 30. The maximum atomic E-state index is 12.9. The van der Waals surface area contributed by atoms with Crippen molar-refractivity contribution in [2.45, 2.75) is 79.4 Å². The zero-order valence-electron chi connectivity index (χ0n) is 52.4. The summed E-state index contributed by atoms with van der Waals surface area (Å²) < 4.78 is 0. The van der Waals surface area contributed by atoms with E-state index < -0.39 is 297 Å². The fourth-order valence-corrected chi connectivity index (χ4v) is 7.09. The number of ketones is 1. The lowest BCUT2D eigenvalue weighted by Crippen LogP contribution is -2.59. The molecular formula is C50H84N18O30. The summed E-state index contributed by atoms with van der Waals surface area (Å²) in [6.45, 7) is -17.2. The Bertz CT molecular complexity index is 2760. The van der Waals surface area contributed by atoms with Crippen molar-refractivity contribution in [1.82, 2.24) is 95.7 Å². The SMILES string of the molecule is CNC(CO)C(=O)NC(CO)C(=O)NCC(=O)NC(CO)C(=O)NC(CO)C(=O)NCC(=O)NC(CO)C(=O)NC(CO)C(=O)NCC(=O)NC(CO)C(=O)NC(CO)C(=O)NCC(=O)NC(CO)C(=O)NC(CO)C(=O)NCC(=O)NC(CO)C(=O)NC(CO)C(=O)NCC(C)=O. The fourth-order valence-electron chi connectivity index (χ4n) is 7.09. The van der Waals surface area contributed by atoms with E-state index in [2.05, 4.69) is 21.3 Å². The molecule has 17 amide bonds. The van der Waals surface area contributed by atoms with Gasteiger partial charge in [-0.2, -0.15) is 0 Å². The number of carbonyl (C=O) groups excluding carboxylic acids is 18. The van der Waals surface area contributed by atoms with E-state index in [9.17, 15) is 148 Å². The minimum Gasteiger partial charge on any atom is -0.394 e. The van der Waals surface area contributed by atoms with Crippen LogP contribution in [0.2, 0.25) is 0 Å². The van der Waals surface area contributed by atoms with E-state index in [-0.39, 0.29) is 0 Å². The molecule has 30 N–H and O–H groups in total. The Morgan fingerprint density at radius 3 is 0.469 bits per heavy atom. The molecule has 48 nitrogen and oxygen atoms in total. The average molecular weight is 1420 g/mol. The first kappa shape index (κ1) is 88.1. The molecule has 0 saturated carbocycles. The third-order valence-corrected chi connectivity index (χ3v) is 12.5. The van der Waals surface area contributed by atoms with Gasteiger partial charge in [0.1, 0.15) is 78.3 Å². The molecule has 0 heterocycles. The summed E-state index contributed by atoms with van der Waals surface area (Å²) in [6.07, 6.45) is 0. The molecule has 0 saturated heterocycles. The number of carbonyl (C=O) groups is 18. The molecule has 0 aromatic carbocycles. The van der Waals surface area contributed by atoms with Crippen LogP contribution in [0.15, 0.2) is 0 Å². The van der Waals surface area contributed by atoms with E-state index in [0.29, 0.717) is 0 Å². The minimum atomic E-state index is -1.93. The van der Waals surface area contributed by atoms with E-state index in [1.807, 2.05) is 74.4 Å². The van der Waals surface area contributed by atoms with Crippen LogP contribution in [0.3, 0.4) is 0 Å². The first-order chi connectivity index (χ1) is 46.3. The third-order valence-electron chi connectivity index (χ3n) is 12.5. The highest BCUT2D eigenvalue weighted by molar-refractivity contribution is 6.00. The number of rotatable bonds is 48. The van der Waals surface area contributed by atoms with Crippen molar-refractivity contribution in [3.8, 4) is 0 Å². The summed E-state index contributed by atoms with van der Waals surface area (Å²) in [6, 6.07) is -21.2. The Morgan fingerprint density at radius 1 is 0.204 bits per heavy atom. The normalized spacial score (nSPS) is 14.4. The van der Waals surface area contributed by atoms with E-state index in [0.717, 1.165) is 6.92 Å². The van der Waals surface area contributed by atoms with Crippen LogP contribution in [-0.2, 0) is 86.3 Å². The molecule has 0 radical (unpaired) electrons. The number of nitrogens with one attached hydrogen (secondary N) is 18. The maximum absolute atomic E-state index is 12.9. The van der Waals surface area contributed by atoms with Gasteiger partial charge in [0, 0.05) is 0 Å². The minimum absolute atomic E-state index is 0.435. The van der Waals surface area contributed by atoms with Gasteiger partial charge in [-0.25, -0.2) is 0 Å². The largest absolute Gasteiger partial charge is 0.394 e.